The SMILES string of the molecule is CCOc1ccc(NC(=O)N2CCCC2c2cc(C)on2)cc1. The Balaban J connectivity index is 1.67. The van der Waals surface area contributed by atoms with Gasteiger partial charge < -0.3 is 19.5 Å². The molecule has 1 aromatic heterocycles. The van der Waals surface area contributed by atoms with E-state index in [2.05, 4.69) is 10.5 Å². The lowest BCUT2D eigenvalue weighted by atomic mass is 10.1. The molecule has 1 aromatic carbocycles. The molecule has 122 valence electrons. The highest BCUT2D eigenvalue weighted by Gasteiger charge is 2.32. The first kappa shape index (κ1) is 15.4. The number of aryl methyl sites for hydroxylation is 1. The molecular weight excluding hydrogens is 294 g/mol. The molecule has 0 aliphatic carbocycles. The smallest absolute Gasteiger partial charge is 0.322 e. The summed E-state index contributed by atoms with van der Waals surface area (Å²) < 4.78 is 10.5. The van der Waals surface area contributed by atoms with E-state index in [4.69, 9.17) is 9.26 Å². The highest BCUT2D eigenvalue weighted by atomic mass is 16.5. The van der Waals surface area contributed by atoms with Crippen molar-refractivity contribution in [2.45, 2.75) is 32.7 Å². The van der Waals surface area contributed by atoms with Crippen molar-refractivity contribution in [1.82, 2.24) is 10.1 Å². The molecule has 2 aromatic rings. The van der Waals surface area contributed by atoms with Crippen molar-refractivity contribution in [1.29, 1.82) is 0 Å². The molecule has 1 atom stereocenters. The molecule has 1 aliphatic rings. The monoisotopic (exact) mass is 315 g/mol. The molecule has 0 spiro atoms. The number of nitrogens with zero attached hydrogens (tertiary/aromatic N) is 2. The molecule has 1 N–H and O–H groups in total. The van der Waals surface area contributed by atoms with Crippen LogP contribution in [-0.2, 0) is 0 Å². The van der Waals surface area contributed by atoms with Crippen LogP contribution in [0.3, 0.4) is 0 Å². The zero-order chi connectivity index (χ0) is 16.2. The summed E-state index contributed by atoms with van der Waals surface area (Å²) in [5, 5.41) is 6.99. The number of carbonyl (C=O) groups excluding carboxylic acids is 1. The lowest BCUT2D eigenvalue weighted by Crippen LogP contribution is -2.34. The second-order valence-corrected chi connectivity index (χ2v) is 5.60. The number of aromatic nitrogens is 1. The van der Waals surface area contributed by atoms with Crippen molar-refractivity contribution in [2.24, 2.45) is 0 Å². The van der Waals surface area contributed by atoms with E-state index in [0.717, 1.165) is 42.3 Å². The normalized spacial score (nSPS) is 17.3. The minimum atomic E-state index is -0.114. The van der Waals surface area contributed by atoms with Gasteiger partial charge in [0, 0.05) is 18.3 Å². The fourth-order valence-corrected chi connectivity index (χ4v) is 2.86. The van der Waals surface area contributed by atoms with Crippen LogP contribution in [0.4, 0.5) is 10.5 Å². The van der Waals surface area contributed by atoms with Gasteiger partial charge in [0.25, 0.3) is 0 Å². The molecule has 2 amide bonds. The van der Waals surface area contributed by atoms with Gasteiger partial charge in [-0.2, -0.15) is 0 Å². The molecule has 0 radical (unpaired) electrons. The van der Waals surface area contributed by atoms with Crippen molar-refractivity contribution in [2.75, 3.05) is 18.5 Å². The minimum absolute atomic E-state index is 0.0184. The van der Waals surface area contributed by atoms with Crippen LogP contribution in [0.1, 0.15) is 37.3 Å². The predicted octanol–water partition coefficient (Wildman–Crippen LogP) is 3.75. The number of rotatable bonds is 4. The first-order valence-corrected chi connectivity index (χ1v) is 7.91. The minimum Gasteiger partial charge on any atom is -0.494 e. The number of hydrogen-bond donors (Lipinski definition) is 1. The van der Waals surface area contributed by atoms with E-state index >= 15 is 0 Å². The average Bonchev–Trinajstić information content (AvgIpc) is 3.18. The quantitative estimate of drug-likeness (QED) is 0.933. The molecule has 0 saturated carbocycles. The summed E-state index contributed by atoms with van der Waals surface area (Å²) in [4.78, 5) is 14.4. The summed E-state index contributed by atoms with van der Waals surface area (Å²) in [6.07, 6.45) is 1.87. The van der Waals surface area contributed by atoms with E-state index in [1.807, 2.05) is 49.1 Å². The van der Waals surface area contributed by atoms with Crippen molar-refractivity contribution in [3.63, 3.8) is 0 Å². The van der Waals surface area contributed by atoms with E-state index in [9.17, 15) is 4.79 Å². The van der Waals surface area contributed by atoms with Gasteiger partial charge in [0.05, 0.1) is 12.6 Å². The number of nitrogens with one attached hydrogen (secondary N) is 1. The van der Waals surface area contributed by atoms with Gasteiger partial charge in [-0.3, -0.25) is 0 Å². The maximum absolute atomic E-state index is 12.5. The van der Waals surface area contributed by atoms with Crippen LogP contribution < -0.4 is 10.1 Å². The van der Waals surface area contributed by atoms with Crippen molar-refractivity contribution < 1.29 is 14.1 Å². The Bertz CT molecular complexity index is 666. The predicted molar refractivity (Wildman–Crippen MR) is 86.6 cm³/mol. The molecule has 23 heavy (non-hydrogen) atoms. The highest BCUT2D eigenvalue weighted by Crippen LogP contribution is 2.32. The fourth-order valence-electron chi connectivity index (χ4n) is 2.86. The summed E-state index contributed by atoms with van der Waals surface area (Å²) in [6.45, 7) is 5.14. The molecule has 1 fully saturated rings. The number of carbonyl (C=O) groups is 1. The third-order valence-electron chi connectivity index (χ3n) is 3.92. The first-order chi connectivity index (χ1) is 11.2. The standard InChI is InChI=1S/C17H21N3O3/c1-3-22-14-8-6-13(7-9-14)18-17(21)20-10-4-5-16(20)15-11-12(2)23-19-15/h6-9,11,16H,3-5,10H2,1-2H3,(H,18,21). The van der Waals surface area contributed by atoms with E-state index in [1.54, 1.807) is 0 Å². The molecular formula is C17H21N3O3. The lowest BCUT2D eigenvalue weighted by Gasteiger charge is -2.23. The molecule has 1 aliphatic heterocycles. The molecule has 2 heterocycles. The average molecular weight is 315 g/mol. The second-order valence-electron chi connectivity index (χ2n) is 5.60. The van der Waals surface area contributed by atoms with Crippen LogP contribution in [0.15, 0.2) is 34.9 Å². The van der Waals surface area contributed by atoms with E-state index in [-0.39, 0.29) is 12.1 Å². The number of ether oxygens (including phenoxy) is 1. The van der Waals surface area contributed by atoms with Gasteiger partial charge in [-0.05, 0) is 51.0 Å². The second kappa shape index (κ2) is 6.73. The zero-order valence-electron chi connectivity index (χ0n) is 13.4. The van der Waals surface area contributed by atoms with Gasteiger partial charge in [-0.1, -0.05) is 5.16 Å². The number of amides is 2. The number of hydrogen-bond acceptors (Lipinski definition) is 4. The van der Waals surface area contributed by atoms with Crippen LogP contribution in [-0.4, -0.2) is 29.2 Å². The Kier molecular flexibility index (Phi) is 4.50. The molecule has 1 unspecified atom stereocenters. The third kappa shape index (κ3) is 3.47. The third-order valence-corrected chi connectivity index (χ3v) is 3.92. The molecule has 1 saturated heterocycles. The van der Waals surface area contributed by atoms with Gasteiger partial charge >= 0.3 is 6.03 Å². The molecule has 0 bridgehead atoms. The first-order valence-electron chi connectivity index (χ1n) is 7.91. The molecule has 6 nitrogen and oxygen atoms in total. The van der Waals surface area contributed by atoms with Crippen molar-refractivity contribution in [3.05, 3.63) is 41.8 Å². The maximum Gasteiger partial charge on any atom is 0.322 e. The fraction of sp³-hybridized carbons (Fsp3) is 0.412. The lowest BCUT2D eigenvalue weighted by molar-refractivity contribution is 0.204. The Morgan fingerprint density at radius 3 is 2.87 bits per heavy atom. The van der Waals surface area contributed by atoms with Gasteiger partial charge in [0.2, 0.25) is 0 Å². The Hall–Kier alpha value is -2.50. The summed E-state index contributed by atoms with van der Waals surface area (Å²) >= 11 is 0. The van der Waals surface area contributed by atoms with Gasteiger partial charge in [-0.15, -0.1) is 0 Å². The van der Waals surface area contributed by atoms with Crippen LogP contribution in [0.2, 0.25) is 0 Å². The van der Waals surface area contributed by atoms with Gasteiger partial charge in [0.15, 0.2) is 0 Å². The summed E-state index contributed by atoms with van der Waals surface area (Å²) in [7, 11) is 0. The summed E-state index contributed by atoms with van der Waals surface area (Å²) in [6, 6.07) is 9.14. The van der Waals surface area contributed by atoms with Crippen molar-refractivity contribution >= 4 is 11.7 Å². The van der Waals surface area contributed by atoms with E-state index in [0.29, 0.717) is 6.61 Å². The summed E-state index contributed by atoms with van der Waals surface area (Å²) in [5.74, 6) is 1.56. The highest BCUT2D eigenvalue weighted by molar-refractivity contribution is 5.89. The van der Waals surface area contributed by atoms with Gasteiger partial charge in [-0.25, -0.2) is 4.79 Å². The Labute approximate surface area is 135 Å². The van der Waals surface area contributed by atoms with Crippen LogP contribution in [0, 0.1) is 6.92 Å². The molecule has 3 rings (SSSR count). The Morgan fingerprint density at radius 2 is 2.22 bits per heavy atom. The topological polar surface area (TPSA) is 67.6 Å². The van der Waals surface area contributed by atoms with E-state index < -0.39 is 0 Å². The number of likely N-dealkylation sites (tertiary alicyclic amines) is 1. The van der Waals surface area contributed by atoms with Gasteiger partial charge in [0.1, 0.15) is 17.2 Å². The number of benzene rings is 1. The Morgan fingerprint density at radius 1 is 1.43 bits per heavy atom. The zero-order valence-corrected chi connectivity index (χ0v) is 13.4. The maximum atomic E-state index is 12.5. The number of urea groups is 1. The number of anilines is 1. The molecule has 6 heteroatoms. The van der Waals surface area contributed by atoms with Crippen molar-refractivity contribution in [3.8, 4) is 5.75 Å². The van der Waals surface area contributed by atoms with Crippen LogP contribution in [0.25, 0.3) is 0 Å². The summed E-state index contributed by atoms with van der Waals surface area (Å²) in [5.41, 5.74) is 1.57. The van der Waals surface area contributed by atoms with Crippen LogP contribution >= 0.6 is 0 Å². The van der Waals surface area contributed by atoms with Crippen LogP contribution in [0.5, 0.6) is 5.75 Å². The largest absolute Gasteiger partial charge is 0.494 e. The van der Waals surface area contributed by atoms with E-state index in [1.165, 1.54) is 0 Å².